The number of benzene rings is 2. The van der Waals surface area contributed by atoms with Gasteiger partial charge in [-0.25, -0.2) is 0 Å². The van der Waals surface area contributed by atoms with E-state index >= 15 is 0 Å². The molecule has 0 aliphatic rings. The number of nitrogens with zero attached hydrogens (tertiary/aromatic N) is 2. The predicted octanol–water partition coefficient (Wildman–Crippen LogP) is 2.13. The fraction of sp³-hybridized carbons (Fsp3) is 0.278. The number of aryl methyl sites for hydroxylation is 2. The zero-order chi connectivity index (χ0) is 15.4. The number of rotatable bonds is 3. The summed E-state index contributed by atoms with van der Waals surface area (Å²) in [5.41, 5.74) is 3.91. The molecule has 0 saturated heterocycles. The summed E-state index contributed by atoms with van der Waals surface area (Å²) in [5, 5.41) is 4.29. The fourth-order valence-corrected chi connectivity index (χ4v) is 2.28. The summed E-state index contributed by atoms with van der Waals surface area (Å²) < 4.78 is 0. The van der Waals surface area contributed by atoms with E-state index in [9.17, 15) is 4.79 Å². The Kier molecular flexibility index (Phi) is 7.14. The van der Waals surface area contributed by atoms with Crippen molar-refractivity contribution in [2.75, 3.05) is 7.05 Å². The van der Waals surface area contributed by atoms with E-state index in [-0.39, 0.29) is 41.6 Å². The first-order valence-corrected chi connectivity index (χ1v) is 7.10. The summed E-state index contributed by atoms with van der Waals surface area (Å²) in [7, 11) is 1.79. The van der Waals surface area contributed by atoms with Crippen molar-refractivity contribution >= 4 is 11.7 Å². The van der Waals surface area contributed by atoms with Crippen LogP contribution < -0.4 is 29.6 Å². The molecular formula is C18H21N2NaO. The summed E-state index contributed by atoms with van der Waals surface area (Å²) in [6.45, 7) is 5.95. The summed E-state index contributed by atoms with van der Waals surface area (Å²) in [6, 6.07) is 15.7. The van der Waals surface area contributed by atoms with Gasteiger partial charge in [0.1, 0.15) is 0 Å². The summed E-state index contributed by atoms with van der Waals surface area (Å²) in [4.78, 5) is 14.1. The van der Waals surface area contributed by atoms with E-state index in [1.54, 1.807) is 11.9 Å². The molecule has 0 unspecified atom stereocenters. The Hall–Kier alpha value is -1.29. The van der Waals surface area contributed by atoms with E-state index in [1.807, 2.05) is 69.3 Å². The molecule has 2 amide bonds. The third-order valence-corrected chi connectivity index (χ3v) is 3.81. The van der Waals surface area contributed by atoms with E-state index in [0.29, 0.717) is 0 Å². The fourth-order valence-electron chi connectivity index (χ4n) is 2.28. The van der Waals surface area contributed by atoms with Crippen molar-refractivity contribution in [2.45, 2.75) is 26.8 Å². The smallest absolute Gasteiger partial charge is 0.432 e. The van der Waals surface area contributed by atoms with Crippen molar-refractivity contribution in [3.63, 3.8) is 0 Å². The van der Waals surface area contributed by atoms with Crippen molar-refractivity contribution in [3.8, 4) is 0 Å². The van der Waals surface area contributed by atoms with Crippen molar-refractivity contribution in [1.29, 1.82) is 0 Å². The van der Waals surface area contributed by atoms with Gasteiger partial charge in [0, 0.05) is 0 Å². The van der Waals surface area contributed by atoms with E-state index in [0.717, 1.165) is 22.4 Å². The largest absolute Gasteiger partial charge is 1.00 e. The molecule has 0 saturated carbocycles. The van der Waals surface area contributed by atoms with Crippen LogP contribution in [0.2, 0.25) is 0 Å². The maximum Gasteiger partial charge on any atom is 1.00 e. The Morgan fingerprint density at radius 3 is 2.09 bits per heavy atom. The van der Waals surface area contributed by atoms with Gasteiger partial charge in [-0.1, -0.05) is 62.5 Å². The van der Waals surface area contributed by atoms with E-state index < -0.39 is 0 Å². The molecule has 0 radical (unpaired) electrons. The average Bonchev–Trinajstić information content (AvgIpc) is 2.50. The molecule has 0 aliphatic carbocycles. The number of carbonyl (C=O) groups is 1. The van der Waals surface area contributed by atoms with Gasteiger partial charge in [-0.05, 0) is 42.3 Å². The minimum atomic E-state index is -0.219. The molecule has 0 spiro atoms. The Morgan fingerprint density at radius 2 is 1.55 bits per heavy atom. The number of hydrogen-bond acceptors (Lipinski definition) is 1. The van der Waals surface area contributed by atoms with Crippen LogP contribution in [0.4, 0.5) is 10.5 Å². The second-order valence-corrected chi connectivity index (χ2v) is 5.33. The van der Waals surface area contributed by atoms with E-state index in [2.05, 4.69) is 5.32 Å². The molecule has 2 aromatic rings. The van der Waals surface area contributed by atoms with Gasteiger partial charge in [-0.3, -0.25) is 4.79 Å². The molecule has 0 aromatic heterocycles. The summed E-state index contributed by atoms with van der Waals surface area (Å²) >= 11 is 0. The average molecular weight is 304 g/mol. The zero-order valence-electron chi connectivity index (χ0n) is 14.0. The molecule has 110 valence electrons. The molecule has 2 rings (SSSR count). The summed E-state index contributed by atoms with van der Waals surface area (Å²) in [6.07, 6.45) is 0. The minimum Gasteiger partial charge on any atom is -0.432 e. The zero-order valence-corrected chi connectivity index (χ0v) is 16.0. The second-order valence-electron chi connectivity index (χ2n) is 5.33. The van der Waals surface area contributed by atoms with E-state index in [4.69, 9.17) is 0 Å². The quantitative estimate of drug-likeness (QED) is 0.800. The molecule has 22 heavy (non-hydrogen) atoms. The normalized spacial score (nSPS) is 11.3. The number of hydrogen-bond donors (Lipinski definition) is 0. The first-order chi connectivity index (χ1) is 10.0. The van der Waals surface area contributed by atoms with E-state index in [1.165, 1.54) is 0 Å². The first kappa shape index (κ1) is 18.8. The van der Waals surface area contributed by atoms with Crippen LogP contribution in [0.1, 0.15) is 29.7 Å². The van der Waals surface area contributed by atoms with Crippen LogP contribution in [-0.4, -0.2) is 18.0 Å². The van der Waals surface area contributed by atoms with Crippen molar-refractivity contribution in [3.05, 3.63) is 70.5 Å². The molecule has 4 heteroatoms. The third kappa shape index (κ3) is 4.35. The van der Waals surface area contributed by atoms with Gasteiger partial charge in [0.25, 0.3) is 0 Å². The Labute approximate surface area is 155 Å². The van der Waals surface area contributed by atoms with Gasteiger partial charge >= 0.3 is 29.6 Å². The van der Waals surface area contributed by atoms with Crippen LogP contribution in [0.3, 0.4) is 0 Å². The van der Waals surface area contributed by atoms with Crippen molar-refractivity contribution in [2.24, 2.45) is 0 Å². The SMILES string of the molecule is Cc1cccc(C)c1[N-]C(=O)N(C)[C@@H](C)c1ccccc1.[Na+]. The van der Waals surface area contributed by atoms with Crippen LogP contribution in [-0.2, 0) is 0 Å². The number of urea groups is 1. The molecule has 2 aromatic carbocycles. The molecular weight excluding hydrogens is 283 g/mol. The van der Waals surface area contributed by atoms with Crippen LogP contribution in [0, 0.1) is 13.8 Å². The van der Waals surface area contributed by atoms with Gasteiger partial charge in [-0.2, -0.15) is 0 Å². The summed E-state index contributed by atoms with van der Waals surface area (Å²) in [5.74, 6) is 0. The molecule has 0 heterocycles. The number of para-hydroxylation sites is 1. The molecule has 3 nitrogen and oxygen atoms in total. The van der Waals surface area contributed by atoms with Crippen LogP contribution in [0.5, 0.6) is 0 Å². The third-order valence-electron chi connectivity index (χ3n) is 3.81. The monoisotopic (exact) mass is 304 g/mol. The first-order valence-electron chi connectivity index (χ1n) is 7.10. The molecule has 0 bridgehead atoms. The van der Waals surface area contributed by atoms with Gasteiger partial charge in [0.2, 0.25) is 0 Å². The van der Waals surface area contributed by atoms with Crippen LogP contribution in [0.15, 0.2) is 48.5 Å². The van der Waals surface area contributed by atoms with Gasteiger partial charge < -0.3 is 10.2 Å². The molecule has 1 atom stereocenters. The molecule has 0 fully saturated rings. The topological polar surface area (TPSA) is 34.4 Å². The Bertz CT molecular complexity index is 608. The van der Waals surface area contributed by atoms with Gasteiger partial charge in [0.05, 0.1) is 0 Å². The minimum absolute atomic E-state index is 0. The van der Waals surface area contributed by atoms with Gasteiger partial charge in [0.15, 0.2) is 6.03 Å². The van der Waals surface area contributed by atoms with Crippen molar-refractivity contribution in [1.82, 2.24) is 4.90 Å². The standard InChI is InChI=1S/C18H22N2O.Na/c1-13-9-8-10-14(2)17(13)19-18(21)20(4)15(3)16-11-6-5-7-12-16;/h5-12,15H,1-4H3,(H,19,21);/q;+1/p-1/t15-;/m0./s1. The maximum atomic E-state index is 12.4. The molecule has 0 aliphatic heterocycles. The predicted molar refractivity (Wildman–Crippen MR) is 87.0 cm³/mol. The Balaban J connectivity index is 0.00000242. The number of amides is 2. The van der Waals surface area contributed by atoms with Crippen molar-refractivity contribution < 1.29 is 34.4 Å². The van der Waals surface area contributed by atoms with Crippen LogP contribution >= 0.6 is 0 Å². The van der Waals surface area contributed by atoms with Crippen LogP contribution in [0.25, 0.3) is 5.32 Å². The second kappa shape index (κ2) is 8.37. The molecule has 0 N–H and O–H groups in total. The maximum absolute atomic E-state index is 12.4. The van der Waals surface area contributed by atoms with Gasteiger partial charge in [-0.15, -0.1) is 0 Å². The Morgan fingerprint density at radius 1 is 1.00 bits per heavy atom. The number of carbonyl (C=O) groups excluding carboxylic acids is 1.